The zero-order chi connectivity index (χ0) is 16.4. The zero-order valence-corrected chi connectivity index (χ0v) is 14.2. The van der Waals surface area contributed by atoms with Crippen LogP contribution in [0.4, 0.5) is 5.69 Å². The Morgan fingerprint density at radius 3 is 2.82 bits per heavy atom. The Bertz CT molecular complexity index is 510. The number of aliphatic hydroxyl groups excluding tert-OH is 1. The molecule has 0 aromatic heterocycles. The fourth-order valence-electron chi connectivity index (χ4n) is 1.86. The van der Waals surface area contributed by atoms with Gasteiger partial charge in [-0.2, -0.15) is 0 Å². The second-order valence-corrected chi connectivity index (χ2v) is 5.25. The summed E-state index contributed by atoms with van der Waals surface area (Å²) in [5.41, 5.74) is 0.756. The number of unbranched alkanes of at least 4 members (excludes halogenated alkanes) is 1. The minimum absolute atomic E-state index is 0.0941. The van der Waals surface area contributed by atoms with Crippen LogP contribution in [0.25, 0.3) is 0 Å². The van der Waals surface area contributed by atoms with E-state index in [1.807, 2.05) is 0 Å². The average molecular weight is 422 g/mol. The van der Waals surface area contributed by atoms with Gasteiger partial charge in [0.15, 0.2) is 0 Å². The monoisotopic (exact) mass is 422 g/mol. The molecule has 0 aliphatic carbocycles. The molecule has 0 unspecified atom stereocenters. The third-order valence-corrected chi connectivity index (χ3v) is 3.47. The average Bonchev–Trinajstić information content (AvgIpc) is 2.52. The van der Waals surface area contributed by atoms with Gasteiger partial charge in [-0.05, 0) is 24.5 Å². The van der Waals surface area contributed by atoms with Gasteiger partial charge in [0, 0.05) is 25.6 Å². The first kappa shape index (κ1) is 18.8. The number of alkyl halides is 1. The normalized spacial score (nSPS) is 10.5. The van der Waals surface area contributed by atoms with Crippen molar-refractivity contribution in [1.29, 1.82) is 0 Å². The van der Waals surface area contributed by atoms with Gasteiger partial charge in [-0.3, -0.25) is 14.9 Å². The predicted molar refractivity (Wildman–Crippen MR) is 89.6 cm³/mol. The SMILES string of the molecule is O=C(CCCCOCI)NCc1ccc(CO)c([N+](=O)[O-])c1. The van der Waals surface area contributed by atoms with Crippen LogP contribution in [0, 0.1) is 10.1 Å². The number of halogens is 1. The standard InChI is InChI=1S/C14H19IN2O5/c15-10-22-6-2-1-3-14(19)16-8-11-4-5-12(9-18)13(7-11)17(20)21/h4-5,7,18H,1-3,6,8-10H2,(H,16,19). The van der Waals surface area contributed by atoms with Crippen LogP contribution in [0.1, 0.15) is 30.4 Å². The molecule has 1 amide bonds. The minimum Gasteiger partial charge on any atom is -0.391 e. The lowest BCUT2D eigenvalue weighted by molar-refractivity contribution is -0.385. The van der Waals surface area contributed by atoms with Gasteiger partial charge in [0.25, 0.3) is 5.69 Å². The topological polar surface area (TPSA) is 102 Å². The van der Waals surface area contributed by atoms with Gasteiger partial charge in [-0.15, -0.1) is 0 Å². The van der Waals surface area contributed by atoms with E-state index in [-0.39, 0.29) is 30.3 Å². The maximum Gasteiger partial charge on any atom is 0.275 e. The Kier molecular flexibility index (Phi) is 8.94. The number of ether oxygens (including phenoxy) is 1. The van der Waals surface area contributed by atoms with E-state index in [0.29, 0.717) is 23.2 Å². The maximum absolute atomic E-state index is 11.7. The van der Waals surface area contributed by atoms with Crippen LogP contribution < -0.4 is 5.32 Å². The number of hydrogen-bond donors (Lipinski definition) is 2. The Morgan fingerprint density at radius 1 is 1.41 bits per heavy atom. The molecular formula is C14H19IN2O5. The van der Waals surface area contributed by atoms with E-state index < -0.39 is 4.92 Å². The van der Waals surface area contributed by atoms with E-state index in [9.17, 15) is 14.9 Å². The van der Waals surface area contributed by atoms with Gasteiger partial charge in [0.1, 0.15) is 0 Å². The lowest BCUT2D eigenvalue weighted by Gasteiger charge is -2.07. The molecule has 122 valence electrons. The molecule has 1 aromatic rings. The van der Waals surface area contributed by atoms with Crippen LogP contribution in [0.5, 0.6) is 0 Å². The third kappa shape index (κ3) is 6.67. The number of nitro groups is 1. The summed E-state index contributed by atoms with van der Waals surface area (Å²) in [5, 5.41) is 22.7. The highest BCUT2D eigenvalue weighted by atomic mass is 127. The zero-order valence-electron chi connectivity index (χ0n) is 12.1. The Hall–Kier alpha value is -1.26. The van der Waals surface area contributed by atoms with Gasteiger partial charge in [0.05, 0.1) is 21.7 Å². The van der Waals surface area contributed by atoms with E-state index >= 15 is 0 Å². The molecule has 0 bridgehead atoms. The molecule has 0 aliphatic rings. The number of nitro benzene ring substituents is 1. The summed E-state index contributed by atoms with van der Waals surface area (Å²) in [4.78, 5) is 22.0. The fraction of sp³-hybridized carbons (Fsp3) is 0.500. The van der Waals surface area contributed by atoms with Crippen molar-refractivity contribution in [3.8, 4) is 0 Å². The first-order chi connectivity index (χ1) is 10.6. The molecule has 1 aromatic carbocycles. The number of nitrogens with one attached hydrogen (secondary N) is 1. The molecule has 7 nitrogen and oxygen atoms in total. The van der Waals surface area contributed by atoms with Gasteiger partial charge >= 0.3 is 0 Å². The Balaban J connectivity index is 2.42. The van der Waals surface area contributed by atoms with Crippen LogP contribution in [0.3, 0.4) is 0 Å². The summed E-state index contributed by atoms with van der Waals surface area (Å²) in [6, 6.07) is 4.54. The highest BCUT2D eigenvalue weighted by Crippen LogP contribution is 2.20. The summed E-state index contributed by atoms with van der Waals surface area (Å²) < 4.78 is 5.82. The van der Waals surface area contributed by atoms with Crippen LogP contribution in [-0.4, -0.2) is 27.2 Å². The van der Waals surface area contributed by atoms with Crippen LogP contribution >= 0.6 is 22.6 Å². The quantitative estimate of drug-likeness (QED) is 0.198. The maximum atomic E-state index is 11.7. The fourth-order valence-corrected chi connectivity index (χ4v) is 2.17. The molecule has 2 N–H and O–H groups in total. The number of hydrogen-bond acceptors (Lipinski definition) is 5. The van der Waals surface area contributed by atoms with Crippen LogP contribution in [-0.2, 0) is 22.7 Å². The molecule has 0 fully saturated rings. The van der Waals surface area contributed by atoms with Gasteiger partial charge in [0.2, 0.25) is 5.91 Å². The lowest BCUT2D eigenvalue weighted by atomic mass is 10.1. The van der Waals surface area contributed by atoms with Gasteiger partial charge in [-0.1, -0.05) is 28.7 Å². The van der Waals surface area contributed by atoms with E-state index in [2.05, 4.69) is 27.9 Å². The molecule has 8 heteroatoms. The van der Waals surface area contributed by atoms with Crippen molar-refractivity contribution in [2.24, 2.45) is 0 Å². The number of amides is 1. The van der Waals surface area contributed by atoms with Gasteiger partial charge < -0.3 is 15.2 Å². The molecule has 0 aliphatic heterocycles. The molecule has 0 atom stereocenters. The van der Waals surface area contributed by atoms with Crippen molar-refractivity contribution >= 4 is 34.2 Å². The number of carbonyl (C=O) groups is 1. The first-order valence-electron chi connectivity index (χ1n) is 6.86. The number of rotatable bonds is 10. The van der Waals surface area contributed by atoms with Crippen molar-refractivity contribution in [2.75, 3.05) is 11.2 Å². The van der Waals surface area contributed by atoms with Crippen LogP contribution in [0.15, 0.2) is 18.2 Å². The van der Waals surface area contributed by atoms with Crippen molar-refractivity contribution in [1.82, 2.24) is 5.32 Å². The molecular weight excluding hydrogens is 403 g/mol. The summed E-state index contributed by atoms with van der Waals surface area (Å²) >= 11 is 2.12. The van der Waals surface area contributed by atoms with Crippen molar-refractivity contribution in [3.63, 3.8) is 0 Å². The number of carbonyl (C=O) groups excluding carboxylic acids is 1. The molecule has 1 rings (SSSR count). The Labute approximate surface area is 142 Å². The number of aliphatic hydroxyl groups is 1. The second kappa shape index (κ2) is 10.5. The van der Waals surface area contributed by atoms with Crippen molar-refractivity contribution in [3.05, 3.63) is 39.4 Å². The third-order valence-electron chi connectivity index (χ3n) is 3.03. The smallest absolute Gasteiger partial charge is 0.275 e. The van der Waals surface area contributed by atoms with E-state index in [1.54, 1.807) is 6.07 Å². The molecule has 0 heterocycles. The molecule has 0 saturated carbocycles. The Morgan fingerprint density at radius 2 is 2.18 bits per heavy atom. The predicted octanol–water partition coefficient (Wildman–Crippen LogP) is 2.28. The highest BCUT2D eigenvalue weighted by molar-refractivity contribution is 14.1. The number of nitrogens with zero attached hydrogens (tertiary/aromatic N) is 1. The summed E-state index contributed by atoms with van der Waals surface area (Å²) in [6.45, 7) is 0.489. The summed E-state index contributed by atoms with van der Waals surface area (Å²) in [6.07, 6.45) is 1.97. The van der Waals surface area contributed by atoms with Gasteiger partial charge in [-0.25, -0.2) is 0 Å². The summed E-state index contributed by atoms with van der Waals surface area (Å²) in [5.74, 6) is -0.0941. The van der Waals surface area contributed by atoms with E-state index in [0.717, 1.165) is 12.8 Å². The molecule has 0 saturated heterocycles. The highest BCUT2D eigenvalue weighted by Gasteiger charge is 2.13. The second-order valence-electron chi connectivity index (χ2n) is 4.63. The largest absolute Gasteiger partial charge is 0.391 e. The van der Waals surface area contributed by atoms with E-state index in [1.165, 1.54) is 12.1 Å². The van der Waals surface area contributed by atoms with E-state index in [4.69, 9.17) is 9.84 Å². The lowest BCUT2D eigenvalue weighted by Crippen LogP contribution is -2.22. The summed E-state index contributed by atoms with van der Waals surface area (Å²) in [7, 11) is 0. The van der Waals surface area contributed by atoms with Crippen molar-refractivity contribution in [2.45, 2.75) is 32.4 Å². The molecule has 0 radical (unpaired) electrons. The molecule has 0 spiro atoms. The van der Waals surface area contributed by atoms with Crippen LogP contribution in [0.2, 0.25) is 0 Å². The first-order valence-corrected chi connectivity index (χ1v) is 8.38. The number of benzene rings is 1. The van der Waals surface area contributed by atoms with Crippen molar-refractivity contribution < 1.29 is 19.6 Å². The minimum atomic E-state index is -0.538. The molecule has 22 heavy (non-hydrogen) atoms.